The van der Waals surface area contributed by atoms with E-state index < -0.39 is 11.7 Å². The molecule has 0 fully saturated rings. The second kappa shape index (κ2) is 8.11. The van der Waals surface area contributed by atoms with Crippen molar-refractivity contribution in [2.24, 2.45) is 5.10 Å². The van der Waals surface area contributed by atoms with Crippen LogP contribution < -0.4 is 0 Å². The number of amides is 1. The van der Waals surface area contributed by atoms with Crippen LogP contribution in [0.25, 0.3) is 0 Å². The van der Waals surface area contributed by atoms with E-state index in [9.17, 15) is 4.79 Å². The van der Waals surface area contributed by atoms with E-state index in [1.807, 2.05) is 75.4 Å². The second-order valence-corrected chi connectivity index (χ2v) is 7.14. The van der Waals surface area contributed by atoms with Crippen molar-refractivity contribution < 1.29 is 9.53 Å². The minimum absolute atomic E-state index is 0.319. The van der Waals surface area contributed by atoms with Gasteiger partial charge in [-0.15, -0.1) is 0 Å². The maximum Gasteiger partial charge on any atom is 0.431 e. The van der Waals surface area contributed by atoms with Gasteiger partial charge in [-0.2, -0.15) is 10.1 Å². The zero-order valence-electron chi connectivity index (χ0n) is 14.1. The Labute approximate surface area is 151 Å². The fraction of sp³-hybridized carbons (Fsp3) is 0.263. The van der Waals surface area contributed by atoms with Gasteiger partial charge in [0.25, 0.3) is 0 Å². The van der Waals surface area contributed by atoms with Crippen molar-refractivity contribution >= 4 is 28.2 Å². The molecule has 0 aliphatic heterocycles. The Kier molecular flexibility index (Phi) is 6.15. The maximum absolute atomic E-state index is 12.5. The maximum atomic E-state index is 12.5. The summed E-state index contributed by atoms with van der Waals surface area (Å²) in [5.41, 5.74) is 1.29. The molecule has 5 heteroatoms. The van der Waals surface area contributed by atoms with Gasteiger partial charge in [0.1, 0.15) is 5.60 Å². The number of halogens is 1. The molecule has 1 amide bonds. The average Bonchev–Trinajstić information content (AvgIpc) is 2.52. The molecular formula is C19H21BrN2O2. The lowest BCUT2D eigenvalue weighted by Gasteiger charge is -2.24. The molecule has 2 rings (SSSR count). The summed E-state index contributed by atoms with van der Waals surface area (Å²) in [4.78, 5) is 12.5. The van der Waals surface area contributed by atoms with Crippen LogP contribution in [0.2, 0.25) is 0 Å². The third-order valence-electron chi connectivity index (χ3n) is 3.03. The molecule has 0 atom stereocenters. The first kappa shape index (κ1) is 18.2. The van der Waals surface area contributed by atoms with Gasteiger partial charge < -0.3 is 4.74 Å². The first-order valence-corrected chi connectivity index (χ1v) is 8.47. The van der Waals surface area contributed by atoms with Crippen molar-refractivity contribution in [2.45, 2.75) is 32.9 Å². The minimum atomic E-state index is -0.578. The van der Waals surface area contributed by atoms with Gasteiger partial charge in [0.05, 0.1) is 12.8 Å². The molecule has 0 heterocycles. The molecule has 0 saturated heterocycles. The molecule has 0 aliphatic rings. The monoisotopic (exact) mass is 388 g/mol. The minimum Gasteiger partial charge on any atom is -0.442 e. The van der Waals surface area contributed by atoms with Crippen molar-refractivity contribution in [1.82, 2.24) is 5.01 Å². The normalized spacial score (nSPS) is 11.5. The van der Waals surface area contributed by atoms with E-state index in [1.54, 1.807) is 6.21 Å². The highest BCUT2D eigenvalue weighted by molar-refractivity contribution is 9.10. The third kappa shape index (κ3) is 5.81. The predicted octanol–water partition coefficient (Wildman–Crippen LogP) is 5.22. The van der Waals surface area contributed by atoms with E-state index in [4.69, 9.17) is 4.74 Å². The van der Waals surface area contributed by atoms with Crippen LogP contribution in [0.4, 0.5) is 4.79 Å². The van der Waals surface area contributed by atoms with Crippen LogP contribution in [0, 0.1) is 0 Å². The summed E-state index contributed by atoms with van der Waals surface area (Å²) in [7, 11) is 0. The van der Waals surface area contributed by atoms with Crippen molar-refractivity contribution in [3.8, 4) is 0 Å². The van der Waals surface area contributed by atoms with Gasteiger partial charge in [-0.25, -0.2) is 4.79 Å². The van der Waals surface area contributed by atoms with E-state index in [0.717, 1.165) is 15.6 Å². The van der Waals surface area contributed by atoms with Crippen LogP contribution in [0.15, 0.2) is 64.2 Å². The van der Waals surface area contributed by atoms with E-state index in [1.165, 1.54) is 5.01 Å². The number of ether oxygens (including phenoxy) is 1. The predicted molar refractivity (Wildman–Crippen MR) is 100.0 cm³/mol. The summed E-state index contributed by atoms with van der Waals surface area (Å²) in [6.45, 7) is 5.83. The first-order valence-electron chi connectivity index (χ1n) is 7.68. The summed E-state index contributed by atoms with van der Waals surface area (Å²) in [5.74, 6) is 0. The zero-order valence-corrected chi connectivity index (χ0v) is 15.7. The molecule has 0 N–H and O–H groups in total. The number of benzene rings is 2. The molecular weight excluding hydrogens is 368 g/mol. The summed E-state index contributed by atoms with van der Waals surface area (Å²) >= 11 is 3.50. The molecule has 0 spiro atoms. The number of hydrogen-bond donors (Lipinski definition) is 0. The quantitative estimate of drug-likeness (QED) is 0.532. The van der Waals surface area contributed by atoms with Crippen molar-refractivity contribution in [2.75, 3.05) is 0 Å². The van der Waals surface area contributed by atoms with E-state index in [2.05, 4.69) is 21.0 Å². The van der Waals surface area contributed by atoms with Crippen LogP contribution in [0.3, 0.4) is 0 Å². The van der Waals surface area contributed by atoms with E-state index in [0.29, 0.717) is 6.54 Å². The summed E-state index contributed by atoms with van der Waals surface area (Å²) in [5, 5.41) is 5.66. The van der Waals surface area contributed by atoms with Gasteiger partial charge in [0.2, 0.25) is 0 Å². The highest BCUT2D eigenvalue weighted by atomic mass is 79.9. The number of hydrazone groups is 1. The Balaban J connectivity index is 2.22. The average molecular weight is 389 g/mol. The van der Waals surface area contributed by atoms with Crippen molar-refractivity contribution in [1.29, 1.82) is 0 Å². The van der Waals surface area contributed by atoms with Gasteiger partial charge >= 0.3 is 6.09 Å². The van der Waals surface area contributed by atoms with E-state index >= 15 is 0 Å². The zero-order chi connectivity index (χ0) is 17.6. The summed E-state index contributed by atoms with van der Waals surface area (Å²) in [6.07, 6.45) is 1.17. The Bertz CT molecular complexity index is 709. The third-order valence-corrected chi connectivity index (χ3v) is 3.80. The molecule has 0 aliphatic carbocycles. The number of nitrogens with zero attached hydrogens (tertiary/aromatic N) is 2. The number of carbonyl (C=O) groups excluding carboxylic acids is 1. The Hall–Kier alpha value is -2.14. The smallest absolute Gasteiger partial charge is 0.431 e. The van der Waals surface area contributed by atoms with Crippen LogP contribution in [0.5, 0.6) is 0 Å². The highest BCUT2D eigenvalue weighted by Crippen LogP contribution is 2.19. The van der Waals surface area contributed by atoms with Crippen molar-refractivity contribution in [3.05, 3.63) is 70.2 Å². The lowest BCUT2D eigenvalue weighted by Crippen LogP contribution is -2.33. The fourth-order valence-electron chi connectivity index (χ4n) is 1.93. The lowest BCUT2D eigenvalue weighted by atomic mass is 10.2. The molecule has 4 nitrogen and oxygen atoms in total. The van der Waals surface area contributed by atoms with E-state index in [-0.39, 0.29) is 0 Å². The molecule has 2 aromatic rings. The molecule has 0 bridgehead atoms. The fourth-order valence-corrected chi connectivity index (χ4v) is 2.34. The second-order valence-electron chi connectivity index (χ2n) is 6.28. The summed E-state index contributed by atoms with van der Waals surface area (Å²) < 4.78 is 6.38. The molecule has 0 aromatic heterocycles. The van der Waals surface area contributed by atoms with Crippen molar-refractivity contribution in [3.63, 3.8) is 0 Å². The SMILES string of the molecule is CC(C)(C)OC(=O)N(Cc1ccccc1Br)N=Cc1ccccc1. The Morgan fingerprint density at radius 1 is 1.12 bits per heavy atom. The Morgan fingerprint density at radius 3 is 2.38 bits per heavy atom. The molecule has 0 radical (unpaired) electrons. The molecule has 0 unspecified atom stereocenters. The molecule has 0 saturated carbocycles. The standard InChI is InChI=1S/C19H21BrN2O2/c1-19(2,3)24-18(23)22(14-16-11-7-8-12-17(16)20)21-13-15-9-5-4-6-10-15/h4-13H,14H2,1-3H3. The van der Waals surface area contributed by atoms with Crippen LogP contribution >= 0.6 is 15.9 Å². The van der Waals surface area contributed by atoms with Gasteiger partial charge in [-0.3, -0.25) is 0 Å². The molecule has 2 aromatic carbocycles. The number of carbonyl (C=O) groups is 1. The summed E-state index contributed by atoms with van der Waals surface area (Å²) in [6, 6.07) is 17.4. The van der Waals surface area contributed by atoms with Crippen LogP contribution in [0.1, 0.15) is 31.9 Å². The first-order chi connectivity index (χ1) is 11.3. The number of rotatable bonds is 4. The van der Waals surface area contributed by atoms with Crippen LogP contribution in [-0.2, 0) is 11.3 Å². The lowest BCUT2D eigenvalue weighted by molar-refractivity contribution is 0.0239. The van der Waals surface area contributed by atoms with Gasteiger partial charge in [-0.1, -0.05) is 64.5 Å². The topological polar surface area (TPSA) is 41.9 Å². The van der Waals surface area contributed by atoms with Gasteiger partial charge in [0.15, 0.2) is 0 Å². The van der Waals surface area contributed by atoms with Gasteiger partial charge in [0, 0.05) is 4.47 Å². The number of hydrogen-bond acceptors (Lipinski definition) is 3. The van der Waals surface area contributed by atoms with Crippen LogP contribution in [-0.4, -0.2) is 22.9 Å². The highest BCUT2D eigenvalue weighted by Gasteiger charge is 2.22. The largest absolute Gasteiger partial charge is 0.442 e. The van der Waals surface area contributed by atoms with Gasteiger partial charge in [-0.05, 0) is 38.0 Å². The molecule has 126 valence electrons. The molecule has 24 heavy (non-hydrogen) atoms. The Morgan fingerprint density at radius 2 is 1.75 bits per heavy atom.